The number of carbonyl (C=O) groups is 1. The van der Waals surface area contributed by atoms with Crippen molar-refractivity contribution in [3.05, 3.63) is 30.5 Å². The zero-order valence-electron chi connectivity index (χ0n) is 15.9. The molecule has 27 heavy (non-hydrogen) atoms. The highest BCUT2D eigenvalue weighted by Crippen LogP contribution is 2.34. The lowest BCUT2D eigenvalue weighted by atomic mass is 10.0. The first kappa shape index (κ1) is 19.1. The van der Waals surface area contributed by atoms with Gasteiger partial charge in [-0.3, -0.25) is 9.78 Å². The molecule has 0 bridgehead atoms. The number of anilines is 1. The predicted molar refractivity (Wildman–Crippen MR) is 109 cm³/mol. The molecule has 3 aromatic rings. The maximum Gasteiger partial charge on any atom is 0.228 e. The number of fused-ring (bicyclic) bond motifs is 1. The van der Waals surface area contributed by atoms with Crippen molar-refractivity contribution in [1.29, 1.82) is 0 Å². The summed E-state index contributed by atoms with van der Waals surface area (Å²) < 4.78 is 15.1. The Kier molecular flexibility index (Phi) is 5.91. The van der Waals surface area contributed by atoms with Crippen LogP contribution in [-0.2, 0) is 4.79 Å². The average molecular weight is 385 g/mol. The van der Waals surface area contributed by atoms with E-state index >= 15 is 0 Å². The van der Waals surface area contributed by atoms with Crippen LogP contribution >= 0.6 is 11.5 Å². The zero-order chi connectivity index (χ0) is 19.4. The average Bonchev–Trinajstić information content (AvgIpc) is 3.10. The number of nitrogens with zero attached hydrogens (tertiary/aromatic N) is 2. The Morgan fingerprint density at radius 3 is 2.52 bits per heavy atom. The molecule has 0 unspecified atom stereocenters. The maximum absolute atomic E-state index is 12.3. The first-order chi connectivity index (χ1) is 13.1. The third-order valence-corrected chi connectivity index (χ3v) is 5.39. The van der Waals surface area contributed by atoms with Gasteiger partial charge in [-0.2, -0.15) is 4.37 Å². The van der Waals surface area contributed by atoms with Gasteiger partial charge in [-0.05, 0) is 48.1 Å². The van der Waals surface area contributed by atoms with E-state index in [0.717, 1.165) is 29.5 Å². The molecule has 3 rings (SSSR count). The van der Waals surface area contributed by atoms with Crippen molar-refractivity contribution < 1.29 is 14.3 Å². The summed E-state index contributed by atoms with van der Waals surface area (Å²) in [7, 11) is 3.22. The molecular formula is C20H23N3O3S. The molecule has 6 nitrogen and oxygen atoms in total. The molecule has 0 saturated heterocycles. The molecule has 142 valence electrons. The van der Waals surface area contributed by atoms with Gasteiger partial charge in [0, 0.05) is 17.7 Å². The Morgan fingerprint density at radius 1 is 1.11 bits per heavy atom. The Hall–Kier alpha value is -2.67. The molecule has 2 aromatic heterocycles. The van der Waals surface area contributed by atoms with Crippen molar-refractivity contribution in [3.8, 4) is 22.6 Å². The number of hydrogen-bond acceptors (Lipinski definition) is 6. The minimum atomic E-state index is 0.00758. The van der Waals surface area contributed by atoms with Crippen LogP contribution in [0.3, 0.4) is 0 Å². The van der Waals surface area contributed by atoms with E-state index in [1.54, 1.807) is 20.4 Å². The van der Waals surface area contributed by atoms with Crippen molar-refractivity contribution in [1.82, 2.24) is 9.36 Å². The van der Waals surface area contributed by atoms with Crippen molar-refractivity contribution in [2.75, 3.05) is 19.5 Å². The minimum absolute atomic E-state index is 0.00758. The topological polar surface area (TPSA) is 73.3 Å². The summed E-state index contributed by atoms with van der Waals surface area (Å²) in [6.07, 6.45) is 3.41. The second-order valence-corrected chi connectivity index (χ2v) is 6.95. The highest BCUT2D eigenvalue weighted by atomic mass is 32.1. The van der Waals surface area contributed by atoms with Crippen LogP contribution in [0.1, 0.15) is 26.7 Å². The van der Waals surface area contributed by atoms with Gasteiger partial charge in [0.15, 0.2) is 11.5 Å². The molecular weight excluding hydrogens is 362 g/mol. The largest absolute Gasteiger partial charge is 0.493 e. The second-order valence-electron chi connectivity index (χ2n) is 6.18. The van der Waals surface area contributed by atoms with Crippen LogP contribution in [0.15, 0.2) is 30.5 Å². The van der Waals surface area contributed by atoms with Crippen LogP contribution in [0, 0.1) is 5.92 Å². The maximum atomic E-state index is 12.3. The van der Waals surface area contributed by atoms with Crippen LogP contribution in [0.25, 0.3) is 22.2 Å². The fourth-order valence-corrected chi connectivity index (χ4v) is 3.68. The Labute approximate surface area is 162 Å². The summed E-state index contributed by atoms with van der Waals surface area (Å²) in [4.78, 5) is 16.9. The highest BCUT2D eigenvalue weighted by molar-refractivity contribution is 7.12. The zero-order valence-corrected chi connectivity index (χ0v) is 16.7. The SMILES string of the molecule is CCC(CC)C(=O)Nc1snc2cc(-c3ccc(OC)c(OC)c3)cnc12. The van der Waals surface area contributed by atoms with Gasteiger partial charge in [0.05, 0.1) is 14.2 Å². The Morgan fingerprint density at radius 2 is 1.85 bits per heavy atom. The summed E-state index contributed by atoms with van der Waals surface area (Å²) in [5, 5.41) is 3.67. The number of rotatable bonds is 7. The van der Waals surface area contributed by atoms with Crippen molar-refractivity contribution in [3.63, 3.8) is 0 Å². The van der Waals surface area contributed by atoms with Gasteiger partial charge in [-0.15, -0.1) is 0 Å². The predicted octanol–water partition coefficient (Wildman–Crippen LogP) is 4.75. The molecule has 1 amide bonds. The number of pyridine rings is 1. The minimum Gasteiger partial charge on any atom is -0.493 e. The Bertz CT molecular complexity index is 951. The van der Waals surface area contributed by atoms with Crippen LogP contribution in [0.2, 0.25) is 0 Å². The van der Waals surface area contributed by atoms with Gasteiger partial charge in [0.2, 0.25) is 5.91 Å². The van der Waals surface area contributed by atoms with Crippen LogP contribution in [0.5, 0.6) is 11.5 Å². The Balaban J connectivity index is 1.90. The van der Waals surface area contributed by atoms with Gasteiger partial charge < -0.3 is 14.8 Å². The quantitative estimate of drug-likeness (QED) is 0.635. The van der Waals surface area contributed by atoms with Gasteiger partial charge >= 0.3 is 0 Å². The third kappa shape index (κ3) is 3.88. The van der Waals surface area contributed by atoms with Gasteiger partial charge in [-0.1, -0.05) is 19.9 Å². The summed E-state index contributed by atoms with van der Waals surface area (Å²) in [5.74, 6) is 1.37. The van der Waals surface area contributed by atoms with Gasteiger partial charge in [-0.25, -0.2) is 0 Å². The number of ether oxygens (including phenoxy) is 2. The van der Waals surface area contributed by atoms with Crippen molar-refractivity contribution in [2.45, 2.75) is 26.7 Å². The van der Waals surface area contributed by atoms with Crippen molar-refractivity contribution >= 4 is 33.5 Å². The first-order valence-electron chi connectivity index (χ1n) is 8.89. The normalized spacial score (nSPS) is 11.0. The number of nitrogens with one attached hydrogen (secondary N) is 1. The summed E-state index contributed by atoms with van der Waals surface area (Å²) in [5.41, 5.74) is 3.35. The highest BCUT2D eigenvalue weighted by Gasteiger charge is 2.18. The number of hydrogen-bond donors (Lipinski definition) is 1. The van der Waals surface area contributed by atoms with E-state index in [1.165, 1.54) is 11.5 Å². The second kappa shape index (κ2) is 8.35. The molecule has 0 radical (unpaired) electrons. The number of aromatic nitrogens is 2. The van der Waals surface area contributed by atoms with E-state index in [1.807, 2.05) is 38.1 Å². The standard InChI is InChI=1S/C20H23N3O3S/c1-5-12(6-2)19(24)22-20-18-15(23-27-20)9-14(11-21-18)13-7-8-16(25-3)17(10-13)26-4/h7-12H,5-6H2,1-4H3,(H,22,24). The van der Waals surface area contributed by atoms with E-state index in [9.17, 15) is 4.79 Å². The number of amides is 1. The van der Waals surface area contributed by atoms with Crippen LogP contribution in [0.4, 0.5) is 5.00 Å². The third-order valence-electron chi connectivity index (χ3n) is 4.63. The molecule has 0 aliphatic heterocycles. The van der Waals surface area contributed by atoms with Crippen LogP contribution < -0.4 is 14.8 Å². The number of benzene rings is 1. The smallest absolute Gasteiger partial charge is 0.228 e. The monoisotopic (exact) mass is 385 g/mol. The van der Waals surface area contributed by atoms with Crippen LogP contribution in [-0.4, -0.2) is 29.5 Å². The molecule has 7 heteroatoms. The summed E-state index contributed by atoms with van der Waals surface area (Å²) >= 11 is 1.26. The van der Waals surface area contributed by atoms with E-state index in [0.29, 0.717) is 22.0 Å². The lowest BCUT2D eigenvalue weighted by Gasteiger charge is -2.11. The molecule has 2 heterocycles. The molecule has 1 aromatic carbocycles. The summed E-state index contributed by atoms with van der Waals surface area (Å²) in [6, 6.07) is 7.68. The van der Waals surface area contributed by atoms with Gasteiger partial charge in [0.1, 0.15) is 16.0 Å². The fraction of sp³-hybridized carbons (Fsp3) is 0.350. The molecule has 0 fully saturated rings. The van der Waals surface area contributed by atoms with Gasteiger partial charge in [0.25, 0.3) is 0 Å². The fourth-order valence-electron chi connectivity index (χ4n) is 2.96. The van der Waals surface area contributed by atoms with E-state index < -0.39 is 0 Å². The first-order valence-corrected chi connectivity index (χ1v) is 9.67. The molecule has 1 N–H and O–H groups in total. The van der Waals surface area contributed by atoms with E-state index in [4.69, 9.17) is 9.47 Å². The number of carbonyl (C=O) groups excluding carboxylic acids is 1. The lowest BCUT2D eigenvalue weighted by Crippen LogP contribution is -2.21. The lowest BCUT2D eigenvalue weighted by molar-refractivity contribution is -0.120. The molecule has 0 aliphatic rings. The molecule has 0 atom stereocenters. The number of methoxy groups -OCH3 is 2. The molecule has 0 aliphatic carbocycles. The molecule has 0 spiro atoms. The van der Waals surface area contributed by atoms with Crippen molar-refractivity contribution in [2.24, 2.45) is 5.92 Å². The molecule has 0 saturated carbocycles. The summed E-state index contributed by atoms with van der Waals surface area (Å²) in [6.45, 7) is 4.04. The van der Waals surface area contributed by atoms with E-state index in [-0.39, 0.29) is 11.8 Å². The van der Waals surface area contributed by atoms with E-state index in [2.05, 4.69) is 14.7 Å².